The number of aromatic nitrogens is 1. The lowest BCUT2D eigenvalue weighted by Gasteiger charge is -2.27. The van der Waals surface area contributed by atoms with Crippen LogP contribution >= 0.6 is 0 Å². The maximum atomic E-state index is 13.6. The standard InChI is InChI=1S/C28H31N5O/c1-17(23-8-4-6-18-5-2-3-7-24(18)23)33-25-16-20(27(30)31)10-9-19(25)15-26(33)28(34)32-22-13-11-21(29)12-14-22/h2-10,15-17,21-22H,11-14,29H2,1H3,(H3,30,31)(H,32,34)/t17-,21?,22?/m0/s1. The summed E-state index contributed by atoms with van der Waals surface area (Å²) in [7, 11) is 0. The van der Waals surface area contributed by atoms with Crippen LogP contribution in [0, 0.1) is 5.41 Å². The second-order valence-corrected chi connectivity index (χ2v) is 9.42. The smallest absolute Gasteiger partial charge is 0.268 e. The fourth-order valence-electron chi connectivity index (χ4n) is 5.26. The molecule has 1 saturated carbocycles. The zero-order chi connectivity index (χ0) is 23.8. The SMILES string of the molecule is C[C@@H](c1cccc2ccccc12)n1c(C(=O)NC2CCC(N)CC2)cc2ccc(C(=N)N)cc21. The van der Waals surface area contributed by atoms with E-state index in [9.17, 15) is 4.79 Å². The van der Waals surface area contributed by atoms with Crippen LogP contribution in [0.25, 0.3) is 21.7 Å². The van der Waals surface area contributed by atoms with Gasteiger partial charge >= 0.3 is 0 Å². The number of rotatable bonds is 5. The van der Waals surface area contributed by atoms with Crippen LogP contribution in [0.4, 0.5) is 0 Å². The van der Waals surface area contributed by atoms with Gasteiger partial charge in [0.25, 0.3) is 5.91 Å². The quantitative estimate of drug-likeness (QED) is 0.260. The van der Waals surface area contributed by atoms with Crippen LogP contribution in [0.3, 0.4) is 0 Å². The second kappa shape index (κ2) is 8.95. The van der Waals surface area contributed by atoms with E-state index in [0.717, 1.165) is 52.9 Å². The molecule has 3 aromatic carbocycles. The first-order chi connectivity index (χ1) is 16.4. The molecule has 1 fully saturated rings. The number of nitrogen functional groups attached to an aromatic ring is 1. The number of nitrogens with one attached hydrogen (secondary N) is 2. The third-order valence-corrected chi connectivity index (χ3v) is 7.15. The number of carbonyl (C=O) groups is 1. The minimum Gasteiger partial charge on any atom is -0.384 e. The number of amidine groups is 1. The first kappa shape index (κ1) is 22.2. The fraction of sp³-hybridized carbons (Fsp3) is 0.286. The number of fused-ring (bicyclic) bond motifs is 2. The van der Waals surface area contributed by atoms with E-state index in [1.807, 2.05) is 36.4 Å². The van der Waals surface area contributed by atoms with Crippen molar-refractivity contribution in [3.05, 3.63) is 83.6 Å². The van der Waals surface area contributed by atoms with Gasteiger partial charge in [0.15, 0.2) is 0 Å². The molecule has 0 radical (unpaired) electrons. The van der Waals surface area contributed by atoms with Crippen molar-refractivity contribution in [1.29, 1.82) is 5.41 Å². The number of benzene rings is 3. The topological polar surface area (TPSA) is 110 Å². The van der Waals surface area contributed by atoms with Gasteiger partial charge in [-0.15, -0.1) is 0 Å². The zero-order valence-electron chi connectivity index (χ0n) is 19.4. The first-order valence-corrected chi connectivity index (χ1v) is 12.0. The van der Waals surface area contributed by atoms with Crippen LogP contribution in [0.15, 0.2) is 66.7 Å². The largest absolute Gasteiger partial charge is 0.384 e. The summed E-state index contributed by atoms with van der Waals surface area (Å²) in [4.78, 5) is 13.6. The predicted octanol–water partition coefficient (Wildman–Crippen LogP) is 4.69. The molecular formula is C28H31N5O. The van der Waals surface area contributed by atoms with E-state index in [2.05, 4.69) is 47.1 Å². The summed E-state index contributed by atoms with van der Waals surface area (Å²) in [6.45, 7) is 2.12. The van der Waals surface area contributed by atoms with Gasteiger partial charge in [0.05, 0.1) is 6.04 Å². The van der Waals surface area contributed by atoms with Gasteiger partial charge in [-0.3, -0.25) is 10.2 Å². The molecule has 5 rings (SSSR count). The van der Waals surface area contributed by atoms with E-state index in [-0.39, 0.29) is 29.9 Å². The lowest BCUT2D eigenvalue weighted by Crippen LogP contribution is -2.41. The average molecular weight is 454 g/mol. The molecule has 0 unspecified atom stereocenters. The number of hydrogen-bond acceptors (Lipinski definition) is 3. The molecule has 1 heterocycles. The molecular weight excluding hydrogens is 422 g/mol. The monoisotopic (exact) mass is 453 g/mol. The highest BCUT2D eigenvalue weighted by atomic mass is 16.2. The van der Waals surface area contributed by atoms with Gasteiger partial charge in [0.2, 0.25) is 0 Å². The third kappa shape index (κ3) is 4.05. The first-order valence-electron chi connectivity index (χ1n) is 12.0. The average Bonchev–Trinajstić information content (AvgIpc) is 3.23. The van der Waals surface area contributed by atoms with E-state index in [1.54, 1.807) is 0 Å². The molecule has 6 N–H and O–H groups in total. The molecule has 0 aliphatic heterocycles. The summed E-state index contributed by atoms with van der Waals surface area (Å²) in [5.74, 6) is -0.0647. The van der Waals surface area contributed by atoms with Gasteiger partial charge in [-0.05, 0) is 61.1 Å². The van der Waals surface area contributed by atoms with Gasteiger partial charge in [0.1, 0.15) is 11.5 Å². The van der Waals surface area contributed by atoms with Crippen molar-refractivity contribution in [3.8, 4) is 0 Å². The fourth-order valence-corrected chi connectivity index (χ4v) is 5.26. The van der Waals surface area contributed by atoms with Gasteiger partial charge in [-0.2, -0.15) is 0 Å². The van der Waals surface area contributed by atoms with Crippen molar-refractivity contribution in [2.24, 2.45) is 11.5 Å². The predicted molar refractivity (Wildman–Crippen MR) is 138 cm³/mol. The second-order valence-electron chi connectivity index (χ2n) is 9.42. The number of carbonyl (C=O) groups excluding carboxylic acids is 1. The molecule has 1 aliphatic carbocycles. The van der Waals surface area contributed by atoms with Crippen LogP contribution in [0.2, 0.25) is 0 Å². The summed E-state index contributed by atoms with van der Waals surface area (Å²) < 4.78 is 2.09. The highest BCUT2D eigenvalue weighted by Gasteiger charge is 2.25. The number of hydrogen-bond donors (Lipinski definition) is 4. The molecule has 6 nitrogen and oxygen atoms in total. The zero-order valence-corrected chi connectivity index (χ0v) is 19.4. The maximum Gasteiger partial charge on any atom is 0.268 e. The van der Waals surface area contributed by atoms with Crippen LogP contribution in [-0.2, 0) is 0 Å². The summed E-state index contributed by atoms with van der Waals surface area (Å²) in [5, 5.41) is 14.5. The van der Waals surface area contributed by atoms with Crippen molar-refractivity contribution in [2.75, 3.05) is 0 Å². The minimum atomic E-state index is -0.105. The molecule has 4 aromatic rings. The minimum absolute atomic E-state index is 0.0111. The molecule has 6 heteroatoms. The van der Waals surface area contributed by atoms with Crippen molar-refractivity contribution in [3.63, 3.8) is 0 Å². The van der Waals surface area contributed by atoms with Crippen molar-refractivity contribution >= 4 is 33.4 Å². The van der Waals surface area contributed by atoms with Gasteiger partial charge in [-0.25, -0.2) is 0 Å². The lowest BCUT2D eigenvalue weighted by molar-refractivity contribution is 0.0916. The molecule has 0 saturated heterocycles. The molecule has 34 heavy (non-hydrogen) atoms. The van der Waals surface area contributed by atoms with Crippen molar-refractivity contribution < 1.29 is 4.79 Å². The summed E-state index contributed by atoms with van der Waals surface area (Å²) in [6.07, 6.45) is 3.67. The highest BCUT2D eigenvalue weighted by molar-refractivity contribution is 6.02. The van der Waals surface area contributed by atoms with E-state index < -0.39 is 0 Å². The molecule has 0 bridgehead atoms. The molecule has 1 aliphatic rings. The summed E-state index contributed by atoms with van der Waals surface area (Å²) in [6, 6.07) is 22.5. The lowest BCUT2D eigenvalue weighted by atomic mass is 9.92. The summed E-state index contributed by atoms with van der Waals surface area (Å²) in [5.41, 5.74) is 15.2. The van der Waals surface area contributed by atoms with E-state index in [1.165, 1.54) is 0 Å². The Bertz CT molecular complexity index is 1380. The normalized spacial score (nSPS) is 19.2. The van der Waals surface area contributed by atoms with Crippen LogP contribution in [0.1, 0.15) is 60.3 Å². The molecule has 1 amide bonds. The van der Waals surface area contributed by atoms with Gasteiger partial charge in [-0.1, -0.05) is 54.6 Å². The molecule has 1 aromatic heterocycles. The maximum absolute atomic E-state index is 13.6. The molecule has 174 valence electrons. The van der Waals surface area contributed by atoms with Gasteiger partial charge < -0.3 is 21.4 Å². The number of nitrogens with two attached hydrogens (primary N) is 2. The Morgan fingerprint density at radius 1 is 1.00 bits per heavy atom. The Balaban J connectivity index is 1.62. The molecule has 1 atom stereocenters. The third-order valence-electron chi connectivity index (χ3n) is 7.15. The van der Waals surface area contributed by atoms with Crippen molar-refractivity contribution in [1.82, 2.24) is 9.88 Å². The molecule has 0 spiro atoms. The van der Waals surface area contributed by atoms with Crippen LogP contribution in [-0.4, -0.2) is 28.4 Å². The van der Waals surface area contributed by atoms with Crippen molar-refractivity contribution in [2.45, 2.75) is 50.7 Å². The van der Waals surface area contributed by atoms with Crippen LogP contribution in [0.5, 0.6) is 0 Å². The number of nitrogens with zero attached hydrogens (tertiary/aromatic N) is 1. The summed E-state index contributed by atoms with van der Waals surface area (Å²) >= 11 is 0. The number of amides is 1. The Morgan fingerprint density at radius 3 is 2.50 bits per heavy atom. The Morgan fingerprint density at radius 2 is 1.74 bits per heavy atom. The van der Waals surface area contributed by atoms with Crippen LogP contribution < -0.4 is 16.8 Å². The Hall–Kier alpha value is -3.64. The Labute approximate surface area is 199 Å². The van der Waals surface area contributed by atoms with Gasteiger partial charge in [0, 0.05) is 28.6 Å². The highest BCUT2D eigenvalue weighted by Crippen LogP contribution is 2.33. The van der Waals surface area contributed by atoms with E-state index >= 15 is 0 Å². The Kier molecular flexibility index (Phi) is 5.84. The van der Waals surface area contributed by atoms with E-state index in [4.69, 9.17) is 16.9 Å². The van der Waals surface area contributed by atoms with E-state index in [0.29, 0.717) is 11.3 Å².